The first-order valence-electron chi connectivity index (χ1n) is 6.95. The predicted octanol–water partition coefficient (Wildman–Crippen LogP) is 1.39. The van der Waals surface area contributed by atoms with Gasteiger partial charge in [0, 0.05) is 19.4 Å². The zero-order chi connectivity index (χ0) is 16.4. The fourth-order valence-electron chi connectivity index (χ4n) is 2.30. The van der Waals surface area contributed by atoms with Gasteiger partial charge >= 0.3 is 0 Å². The van der Waals surface area contributed by atoms with Crippen molar-refractivity contribution in [3.63, 3.8) is 0 Å². The number of hydrogen-bond acceptors (Lipinski definition) is 5. The van der Waals surface area contributed by atoms with Crippen LogP contribution in [0.2, 0.25) is 0 Å². The highest BCUT2D eigenvalue weighted by Crippen LogP contribution is 2.35. The van der Waals surface area contributed by atoms with E-state index in [1.54, 1.807) is 13.0 Å². The molecule has 118 valence electrons. The highest BCUT2D eigenvalue weighted by atomic mass is 32.2. The van der Waals surface area contributed by atoms with Crippen LogP contribution in [0.3, 0.4) is 0 Å². The Bertz CT molecular complexity index is 651. The summed E-state index contributed by atoms with van der Waals surface area (Å²) in [6.07, 6.45) is 6.09. The predicted molar refractivity (Wildman–Crippen MR) is 88.7 cm³/mol. The summed E-state index contributed by atoms with van der Waals surface area (Å²) in [6.45, 7) is 3.65. The molecule has 0 bridgehead atoms. The summed E-state index contributed by atoms with van der Waals surface area (Å²) in [6, 6.07) is 0.844. The molecule has 7 heteroatoms. The van der Waals surface area contributed by atoms with Crippen molar-refractivity contribution in [1.82, 2.24) is 9.47 Å². The summed E-state index contributed by atoms with van der Waals surface area (Å²) in [5.74, 6) is -1.87. The number of carbonyl (C=O) groups excluding carboxylic acids is 2. The Balaban J connectivity index is 2.32. The van der Waals surface area contributed by atoms with Crippen LogP contribution in [-0.2, 0) is 16.6 Å². The number of thiocarbonyl (C=S) groups is 1. The first kappa shape index (κ1) is 16.8. The molecule has 1 aliphatic rings. The highest BCUT2D eigenvalue weighted by Gasteiger charge is 2.39. The number of carbonyl (C=O) groups is 2. The molecule has 1 aromatic heterocycles. The van der Waals surface area contributed by atoms with Crippen molar-refractivity contribution < 1.29 is 14.7 Å². The molecule has 22 heavy (non-hydrogen) atoms. The van der Waals surface area contributed by atoms with Crippen molar-refractivity contribution in [1.29, 1.82) is 0 Å². The minimum Gasteiger partial charge on any atom is -0.548 e. The van der Waals surface area contributed by atoms with Gasteiger partial charge in [-0.25, -0.2) is 0 Å². The smallest absolute Gasteiger partial charge is 0.266 e. The fourth-order valence-corrected chi connectivity index (χ4v) is 3.63. The van der Waals surface area contributed by atoms with Crippen LogP contribution >= 0.6 is 24.0 Å². The van der Waals surface area contributed by atoms with Crippen molar-refractivity contribution in [2.75, 3.05) is 0 Å². The Labute approximate surface area is 139 Å². The second kappa shape index (κ2) is 6.66. The van der Waals surface area contributed by atoms with Crippen LogP contribution in [0.25, 0.3) is 6.08 Å². The molecular weight excluding hydrogens is 320 g/mol. The van der Waals surface area contributed by atoms with Gasteiger partial charge in [-0.05, 0) is 23.6 Å². The van der Waals surface area contributed by atoms with Gasteiger partial charge in [0.25, 0.3) is 5.91 Å². The monoisotopic (exact) mass is 337 g/mol. The number of thioether (sulfide) groups is 1. The van der Waals surface area contributed by atoms with Crippen LogP contribution < -0.4 is 5.11 Å². The van der Waals surface area contributed by atoms with Crippen LogP contribution in [0.1, 0.15) is 25.8 Å². The van der Waals surface area contributed by atoms with Crippen molar-refractivity contribution in [3.05, 3.63) is 28.9 Å². The average Bonchev–Trinajstić information content (AvgIpc) is 2.97. The molecule has 0 spiro atoms. The maximum Gasteiger partial charge on any atom is 0.266 e. The maximum atomic E-state index is 12.5. The van der Waals surface area contributed by atoms with Crippen LogP contribution in [-0.4, -0.2) is 31.7 Å². The highest BCUT2D eigenvalue weighted by molar-refractivity contribution is 8.26. The summed E-state index contributed by atoms with van der Waals surface area (Å²) in [5.41, 5.74) is 0.872. The Morgan fingerprint density at radius 3 is 2.73 bits per heavy atom. The molecule has 0 radical (unpaired) electrons. The molecule has 1 amide bonds. The van der Waals surface area contributed by atoms with Crippen LogP contribution in [0, 0.1) is 5.92 Å². The van der Waals surface area contributed by atoms with Gasteiger partial charge in [0.15, 0.2) is 0 Å². The molecule has 2 rings (SSSR count). The number of nitrogens with zero attached hydrogens (tertiary/aromatic N) is 2. The third kappa shape index (κ3) is 3.25. The number of carboxylic acids is 1. The molecular formula is C15H17N2O3S2-. The van der Waals surface area contributed by atoms with Gasteiger partial charge in [0.2, 0.25) is 0 Å². The molecule has 0 aliphatic carbocycles. The van der Waals surface area contributed by atoms with E-state index in [9.17, 15) is 14.7 Å². The fraction of sp³-hybridized carbons (Fsp3) is 0.400. The molecule has 0 N–H and O–H groups in total. The number of aromatic nitrogens is 1. The van der Waals surface area contributed by atoms with Gasteiger partial charge in [-0.1, -0.05) is 44.2 Å². The lowest BCUT2D eigenvalue weighted by Crippen LogP contribution is -2.53. The summed E-state index contributed by atoms with van der Waals surface area (Å²) in [4.78, 5) is 25.6. The Morgan fingerprint density at radius 1 is 1.55 bits per heavy atom. The third-order valence-corrected chi connectivity index (χ3v) is 5.01. The van der Waals surface area contributed by atoms with Gasteiger partial charge < -0.3 is 14.5 Å². The molecule has 5 nitrogen and oxygen atoms in total. The van der Waals surface area contributed by atoms with E-state index in [0.717, 1.165) is 17.3 Å². The molecule has 2 heterocycles. The Morgan fingerprint density at radius 2 is 2.23 bits per heavy atom. The van der Waals surface area contributed by atoms with E-state index in [0.29, 0.717) is 11.3 Å². The van der Waals surface area contributed by atoms with E-state index >= 15 is 0 Å². The SMILES string of the molecule is CC[C@H](C)[C@@H](C(=O)[O-])N1C(=O)/C(=C\c2ccn(C)c2)SC1=S. The maximum absolute atomic E-state index is 12.5. The van der Waals surface area contributed by atoms with E-state index in [1.165, 1.54) is 4.90 Å². The van der Waals surface area contributed by atoms with Gasteiger partial charge in [0.1, 0.15) is 4.32 Å². The van der Waals surface area contributed by atoms with E-state index in [-0.39, 0.29) is 16.1 Å². The largest absolute Gasteiger partial charge is 0.548 e. The molecule has 0 saturated carbocycles. The quantitative estimate of drug-likeness (QED) is 0.600. The van der Waals surface area contributed by atoms with E-state index < -0.39 is 12.0 Å². The van der Waals surface area contributed by atoms with Gasteiger partial charge in [-0.15, -0.1) is 0 Å². The first-order chi connectivity index (χ1) is 10.3. The lowest BCUT2D eigenvalue weighted by Gasteiger charge is -2.32. The molecule has 1 aromatic rings. The Kier molecular flexibility index (Phi) is 5.08. The second-order valence-corrected chi connectivity index (χ2v) is 6.99. The summed E-state index contributed by atoms with van der Waals surface area (Å²) >= 11 is 6.34. The number of amides is 1. The normalized spacial score (nSPS) is 19.8. The topological polar surface area (TPSA) is 65.4 Å². The van der Waals surface area contributed by atoms with Crippen molar-refractivity contribution in [2.45, 2.75) is 26.3 Å². The van der Waals surface area contributed by atoms with Crippen molar-refractivity contribution in [3.8, 4) is 0 Å². The zero-order valence-corrected chi connectivity index (χ0v) is 14.2. The van der Waals surface area contributed by atoms with Gasteiger partial charge in [-0.3, -0.25) is 9.69 Å². The number of aryl methyl sites for hydroxylation is 1. The lowest BCUT2D eigenvalue weighted by atomic mass is 9.98. The number of rotatable bonds is 5. The standard InChI is InChI=1S/C15H18N2O3S2/c1-4-9(2)12(14(19)20)17-13(18)11(22-15(17)21)7-10-5-6-16(3)8-10/h5-9,12H,4H2,1-3H3,(H,19,20)/p-1/b11-7+/t9-,12-/m0/s1. The zero-order valence-electron chi connectivity index (χ0n) is 12.6. The van der Waals surface area contributed by atoms with Crippen LogP contribution in [0.4, 0.5) is 0 Å². The van der Waals surface area contributed by atoms with E-state index in [1.807, 2.05) is 37.0 Å². The van der Waals surface area contributed by atoms with Crippen LogP contribution in [0.5, 0.6) is 0 Å². The molecule has 0 unspecified atom stereocenters. The molecule has 2 atom stereocenters. The second-order valence-electron chi connectivity index (χ2n) is 5.31. The van der Waals surface area contributed by atoms with Crippen molar-refractivity contribution >= 4 is 46.3 Å². The minimum absolute atomic E-state index is 0.233. The van der Waals surface area contributed by atoms with Gasteiger partial charge in [0.05, 0.1) is 16.9 Å². The number of aliphatic carboxylic acids is 1. The van der Waals surface area contributed by atoms with Crippen LogP contribution in [0.15, 0.2) is 23.4 Å². The summed E-state index contributed by atoms with van der Waals surface area (Å²) in [7, 11) is 1.89. The van der Waals surface area contributed by atoms with E-state index in [2.05, 4.69) is 0 Å². The summed E-state index contributed by atoms with van der Waals surface area (Å²) in [5, 5.41) is 11.4. The molecule has 1 aliphatic heterocycles. The Hall–Kier alpha value is -1.60. The van der Waals surface area contributed by atoms with E-state index in [4.69, 9.17) is 12.2 Å². The number of carboxylic acid groups (broad SMARTS) is 1. The number of hydrogen-bond donors (Lipinski definition) is 0. The first-order valence-corrected chi connectivity index (χ1v) is 8.17. The van der Waals surface area contributed by atoms with Gasteiger partial charge in [-0.2, -0.15) is 0 Å². The molecule has 0 aromatic carbocycles. The molecule has 1 fully saturated rings. The third-order valence-electron chi connectivity index (χ3n) is 3.68. The average molecular weight is 337 g/mol. The van der Waals surface area contributed by atoms with Crippen molar-refractivity contribution in [2.24, 2.45) is 13.0 Å². The molecule has 1 saturated heterocycles. The minimum atomic E-state index is -1.27. The summed E-state index contributed by atoms with van der Waals surface area (Å²) < 4.78 is 2.14. The lowest BCUT2D eigenvalue weighted by molar-refractivity contribution is -0.311.